The van der Waals surface area contributed by atoms with Crippen molar-refractivity contribution in [3.05, 3.63) is 29.4 Å². The Bertz CT molecular complexity index is 708. The van der Waals surface area contributed by atoms with Crippen molar-refractivity contribution in [1.82, 2.24) is 19.7 Å². The molecule has 2 N–H and O–H groups in total. The number of nitrogens with one attached hydrogen (secondary N) is 2. The van der Waals surface area contributed by atoms with Crippen LogP contribution in [0.3, 0.4) is 0 Å². The molecule has 1 unspecified atom stereocenters. The predicted octanol–water partition coefficient (Wildman–Crippen LogP) is 1.08. The Hall–Kier alpha value is -1.78. The fraction of sp³-hybridized carbons (Fsp3) is 0.364. The Morgan fingerprint density at radius 2 is 2.29 bits per heavy atom. The van der Waals surface area contributed by atoms with Gasteiger partial charge in [0.15, 0.2) is 9.90 Å². The number of aromatic amines is 1. The van der Waals surface area contributed by atoms with E-state index in [1.54, 1.807) is 12.4 Å². The van der Waals surface area contributed by atoms with E-state index >= 15 is 0 Å². The molecule has 0 saturated carbocycles. The first kappa shape index (κ1) is 15.6. The van der Waals surface area contributed by atoms with Crippen LogP contribution >= 0.6 is 11.3 Å². The van der Waals surface area contributed by atoms with Crippen molar-refractivity contribution in [2.75, 3.05) is 7.11 Å². The minimum absolute atomic E-state index is 0.167. The number of methoxy groups -OCH3 is 1. The van der Waals surface area contributed by atoms with Gasteiger partial charge < -0.3 is 9.72 Å². The number of hydrogen-bond donors (Lipinski definition) is 2. The molecule has 0 aliphatic carbocycles. The van der Waals surface area contributed by atoms with Crippen LogP contribution in [-0.4, -0.2) is 36.4 Å². The molecule has 0 aromatic carbocycles. The van der Waals surface area contributed by atoms with Crippen molar-refractivity contribution in [2.24, 2.45) is 0 Å². The van der Waals surface area contributed by atoms with E-state index in [9.17, 15) is 13.2 Å². The van der Waals surface area contributed by atoms with E-state index in [0.29, 0.717) is 12.2 Å². The Labute approximate surface area is 125 Å². The van der Waals surface area contributed by atoms with E-state index in [4.69, 9.17) is 0 Å². The van der Waals surface area contributed by atoms with Crippen molar-refractivity contribution < 1.29 is 17.9 Å². The Kier molecular flexibility index (Phi) is 4.70. The fourth-order valence-corrected chi connectivity index (χ4v) is 4.13. The van der Waals surface area contributed by atoms with Crippen LogP contribution in [0.4, 0.5) is 0 Å². The van der Waals surface area contributed by atoms with Crippen LogP contribution in [0.2, 0.25) is 0 Å². The standard InChI is InChI=1S/C11H14N4O4S2/c1-3-7(9-12-4-5-13-9)15-21(17,18)11-8(10(16)19-2)14-6-20-11/h4-7,15H,3H2,1-2H3,(H,12,13). The van der Waals surface area contributed by atoms with Crippen molar-refractivity contribution in [3.8, 4) is 0 Å². The first-order chi connectivity index (χ1) is 9.99. The molecular weight excluding hydrogens is 316 g/mol. The number of carbonyl (C=O) groups is 1. The summed E-state index contributed by atoms with van der Waals surface area (Å²) in [5.41, 5.74) is 1.07. The van der Waals surface area contributed by atoms with E-state index in [1.165, 1.54) is 12.6 Å². The normalized spacial score (nSPS) is 13.0. The monoisotopic (exact) mass is 330 g/mol. The molecule has 8 nitrogen and oxygen atoms in total. The third-order valence-corrected chi connectivity index (χ3v) is 5.55. The molecule has 0 fully saturated rings. The second kappa shape index (κ2) is 6.33. The average molecular weight is 330 g/mol. The number of hydrogen-bond acceptors (Lipinski definition) is 7. The molecule has 10 heteroatoms. The number of carbonyl (C=O) groups excluding carboxylic acids is 1. The number of sulfonamides is 1. The summed E-state index contributed by atoms with van der Waals surface area (Å²) >= 11 is 0.857. The summed E-state index contributed by atoms with van der Waals surface area (Å²) in [6, 6.07) is -0.516. The van der Waals surface area contributed by atoms with Gasteiger partial charge in [0.05, 0.1) is 18.7 Å². The molecule has 0 spiro atoms. The fourth-order valence-electron chi connectivity index (χ4n) is 1.70. The van der Waals surface area contributed by atoms with Gasteiger partial charge in [0, 0.05) is 12.4 Å². The third kappa shape index (κ3) is 3.28. The third-order valence-electron chi connectivity index (χ3n) is 2.71. The number of aromatic nitrogens is 3. The van der Waals surface area contributed by atoms with Gasteiger partial charge in [0.2, 0.25) is 0 Å². The van der Waals surface area contributed by atoms with Crippen LogP contribution in [0.15, 0.2) is 22.1 Å². The van der Waals surface area contributed by atoms with Gasteiger partial charge >= 0.3 is 5.97 Å². The number of H-pyrrole nitrogens is 1. The highest BCUT2D eigenvalue weighted by Crippen LogP contribution is 2.23. The van der Waals surface area contributed by atoms with Crippen LogP contribution < -0.4 is 4.72 Å². The Balaban J connectivity index is 2.30. The molecule has 0 amide bonds. The van der Waals surface area contributed by atoms with Gasteiger partial charge in [-0.1, -0.05) is 6.92 Å². The number of esters is 1. The van der Waals surface area contributed by atoms with Crippen LogP contribution in [0.25, 0.3) is 0 Å². The average Bonchev–Trinajstić information content (AvgIpc) is 3.14. The molecule has 2 heterocycles. The van der Waals surface area contributed by atoms with E-state index in [1.807, 2.05) is 6.92 Å². The number of nitrogens with zero attached hydrogens (tertiary/aromatic N) is 2. The van der Waals surface area contributed by atoms with Gasteiger partial charge in [-0.15, -0.1) is 11.3 Å². The van der Waals surface area contributed by atoms with E-state index in [0.717, 1.165) is 11.3 Å². The lowest BCUT2D eigenvalue weighted by atomic mass is 10.2. The summed E-state index contributed by atoms with van der Waals surface area (Å²) in [4.78, 5) is 22.2. The topological polar surface area (TPSA) is 114 Å². The highest BCUT2D eigenvalue weighted by Gasteiger charge is 2.29. The zero-order chi connectivity index (χ0) is 15.5. The molecule has 2 aromatic heterocycles. The smallest absolute Gasteiger partial charge is 0.358 e. The molecule has 0 aliphatic heterocycles. The number of imidazole rings is 1. The molecule has 2 rings (SSSR count). The molecule has 21 heavy (non-hydrogen) atoms. The maximum Gasteiger partial charge on any atom is 0.358 e. The van der Waals surface area contributed by atoms with Gasteiger partial charge in [-0.05, 0) is 6.42 Å². The van der Waals surface area contributed by atoms with Crippen LogP contribution in [0.5, 0.6) is 0 Å². The highest BCUT2D eigenvalue weighted by atomic mass is 32.2. The molecule has 2 aromatic rings. The summed E-state index contributed by atoms with van der Waals surface area (Å²) in [7, 11) is -2.73. The van der Waals surface area contributed by atoms with Crippen LogP contribution in [0, 0.1) is 0 Å². The molecule has 114 valence electrons. The lowest BCUT2D eigenvalue weighted by molar-refractivity contribution is 0.0590. The lowest BCUT2D eigenvalue weighted by Gasteiger charge is -2.14. The van der Waals surface area contributed by atoms with Gasteiger partial charge in [-0.3, -0.25) is 0 Å². The Morgan fingerprint density at radius 3 is 2.86 bits per heavy atom. The number of rotatable bonds is 6. The number of ether oxygens (including phenoxy) is 1. The molecule has 0 aliphatic rings. The van der Waals surface area contributed by atoms with Crippen molar-refractivity contribution in [1.29, 1.82) is 0 Å². The van der Waals surface area contributed by atoms with E-state index in [-0.39, 0.29) is 9.90 Å². The van der Waals surface area contributed by atoms with Crippen LogP contribution in [0.1, 0.15) is 35.7 Å². The minimum Gasteiger partial charge on any atom is -0.464 e. The summed E-state index contributed by atoms with van der Waals surface area (Å²) in [6.07, 6.45) is 3.65. The van der Waals surface area contributed by atoms with Gasteiger partial charge in [-0.2, -0.15) is 4.72 Å². The second-order valence-electron chi connectivity index (χ2n) is 4.04. The summed E-state index contributed by atoms with van der Waals surface area (Å²) in [5, 5.41) is 0. The SMILES string of the molecule is CCC(NS(=O)(=O)c1scnc1C(=O)OC)c1ncc[nH]1. The second-order valence-corrected chi connectivity index (χ2v) is 6.80. The van der Waals surface area contributed by atoms with E-state index in [2.05, 4.69) is 24.4 Å². The number of thiazole rings is 1. The van der Waals surface area contributed by atoms with Crippen molar-refractivity contribution in [2.45, 2.75) is 23.6 Å². The molecule has 1 atom stereocenters. The lowest BCUT2D eigenvalue weighted by Crippen LogP contribution is -2.29. The largest absolute Gasteiger partial charge is 0.464 e. The first-order valence-corrected chi connectivity index (χ1v) is 8.39. The maximum atomic E-state index is 12.4. The molecular formula is C11H14N4O4S2. The summed E-state index contributed by atoms with van der Waals surface area (Å²) in [5.74, 6) is -0.284. The summed E-state index contributed by atoms with van der Waals surface area (Å²) < 4.78 is 31.7. The van der Waals surface area contributed by atoms with Gasteiger partial charge in [-0.25, -0.2) is 23.2 Å². The zero-order valence-corrected chi connectivity index (χ0v) is 13.0. The first-order valence-electron chi connectivity index (χ1n) is 6.03. The van der Waals surface area contributed by atoms with E-state index < -0.39 is 22.0 Å². The van der Waals surface area contributed by atoms with Crippen molar-refractivity contribution >= 4 is 27.3 Å². The van der Waals surface area contributed by atoms with Crippen LogP contribution in [-0.2, 0) is 14.8 Å². The minimum atomic E-state index is -3.89. The van der Waals surface area contributed by atoms with Gasteiger partial charge in [0.1, 0.15) is 5.82 Å². The highest BCUT2D eigenvalue weighted by molar-refractivity contribution is 7.91. The van der Waals surface area contributed by atoms with Gasteiger partial charge in [0.25, 0.3) is 10.0 Å². The molecule has 0 bridgehead atoms. The Morgan fingerprint density at radius 1 is 1.52 bits per heavy atom. The molecule has 0 saturated heterocycles. The maximum absolute atomic E-state index is 12.4. The zero-order valence-electron chi connectivity index (χ0n) is 11.4. The molecule has 0 radical (unpaired) electrons. The quantitative estimate of drug-likeness (QED) is 0.766. The van der Waals surface area contributed by atoms with Crippen molar-refractivity contribution in [3.63, 3.8) is 0 Å². The summed E-state index contributed by atoms with van der Waals surface area (Å²) in [6.45, 7) is 1.82. The predicted molar refractivity (Wildman–Crippen MR) is 75.4 cm³/mol.